The van der Waals surface area contributed by atoms with Crippen molar-refractivity contribution < 1.29 is 9.59 Å². The molecule has 0 bridgehead atoms. The lowest BCUT2D eigenvalue weighted by Gasteiger charge is -2.29. The fraction of sp³-hybridized carbons (Fsp3) is 0.360. The molecule has 6 heteroatoms. The van der Waals surface area contributed by atoms with Crippen LogP contribution < -0.4 is 10.6 Å². The molecule has 0 aliphatic heterocycles. The minimum atomic E-state index is -0.692. The Bertz CT molecular complexity index is 1070. The summed E-state index contributed by atoms with van der Waals surface area (Å²) in [6, 6.07) is 14.3. The van der Waals surface area contributed by atoms with E-state index < -0.39 is 6.04 Å². The Balaban J connectivity index is 1.54. The van der Waals surface area contributed by atoms with Crippen LogP contribution in [0.1, 0.15) is 48.5 Å². The number of amides is 2. The fourth-order valence-corrected chi connectivity index (χ4v) is 4.54. The Kier molecular flexibility index (Phi) is 6.62. The van der Waals surface area contributed by atoms with Crippen LogP contribution in [0.4, 0.5) is 0 Å². The molecule has 3 aromatic rings. The Labute approximate surface area is 187 Å². The molecule has 2 amide bonds. The zero-order chi connectivity index (χ0) is 21.8. The number of para-hydroxylation sites is 1. The fourth-order valence-electron chi connectivity index (χ4n) is 4.32. The lowest BCUT2D eigenvalue weighted by atomic mass is 9.87. The number of aromatic nitrogens is 1. The first-order valence-corrected chi connectivity index (χ1v) is 11.3. The number of aromatic amines is 1. The number of rotatable bonds is 6. The molecular weight excluding hydrogens is 410 g/mol. The van der Waals surface area contributed by atoms with E-state index in [1.807, 2.05) is 30.5 Å². The van der Waals surface area contributed by atoms with Gasteiger partial charge in [-0.1, -0.05) is 48.9 Å². The lowest BCUT2D eigenvalue weighted by molar-refractivity contribution is -0.123. The van der Waals surface area contributed by atoms with E-state index in [4.69, 9.17) is 11.6 Å². The average Bonchev–Trinajstić information content (AvgIpc) is 3.18. The predicted octanol–water partition coefficient (Wildman–Crippen LogP) is 4.86. The van der Waals surface area contributed by atoms with Gasteiger partial charge in [0.1, 0.15) is 6.04 Å². The highest BCUT2D eigenvalue weighted by Gasteiger charge is 2.27. The van der Waals surface area contributed by atoms with Gasteiger partial charge in [0.25, 0.3) is 5.91 Å². The molecule has 1 heterocycles. The van der Waals surface area contributed by atoms with E-state index in [-0.39, 0.29) is 17.9 Å². The highest BCUT2D eigenvalue weighted by molar-refractivity contribution is 6.33. The Morgan fingerprint density at radius 3 is 2.55 bits per heavy atom. The summed E-state index contributed by atoms with van der Waals surface area (Å²) in [5.41, 5.74) is 2.37. The van der Waals surface area contributed by atoms with Gasteiger partial charge in [0.15, 0.2) is 0 Å². The smallest absolute Gasteiger partial charge is 0.253 e. The minimum Gasteiger partial charge on any atom is -0.361 e. The first-order valence-electron chi connectivity index (χ1n) is 10.9. The molecule has 3 N–H and O–H groups in total. The van der Waals surface area contributed by atoms with E-state index in [0.717, 1.165) is 42.1 Å². The Morgan fingerprint density at radius 2 is 1.77 bits per heavy atom. The van der Waals surface area contributed by atoms with Crippen molar-refractivity contribution in [3.05, 3.63) is 70.9 Å². The van der Waals surface area contributed by atoms with Crippen molar-refractivity contribution in [1.82, 2.24) is 15.6 Å². The van der Waals surface area contributed by atoms with Crippen molar-refractivity contribution in [3.8, 4) is 0 Å². The minimum absolute atomic E-state index is 0.148. The standard InChI is InChI=1S/C25H28ClN3O2/c1-16-10-12-18(13-11-16)28-25(31)23(29-24(30)20-7-2-4-8-21(20)26)14-17-15-27-22-9-5-3-6-19(17)22/h2-9,15-16,18,23,27H,10-14H2,1H3,(H,28,31)(H,29,30)/t16?,18?,23-/m1/s1. The van der Waals surface area contributed by atoms with Gasteiger partial charge in [0.2, 0.25) is 5.91 Å². The molecule has 0 saturated heterocycles. The van der Waals surface area contributed by atoms with Gasteiger partial charge in [0.05, 0.1) is 10.6 Å². The summed E-state index contributed by atoms with van der Waals surface area (Å²) in [6.45, 7) is 2.25. The molecule has 31 heavy (non-hydrogen) atoms. The maximum atomic E-state index is 13.2. The number of nitrogens with one attached hydrogen (secondary N) is 3. The summed E-state index contributed by atoms with van der Waals surface area (Å²) < 4.78 is 0. The molecular formula is C25H28ClN3O2. The first kappa shape index (κ1) is 21.4. The summed E-state index contributed by atoms with van der Waals surface area (Å²) in [6.07, 6.45) is 6.49. The molecule has 0 unspecified atom stereocenters. The van der Waals surface area contributed by atoms with Crippen molar-refractivity contribution in [2.75, 3.05) is 0 Å². The predicted molar refractivity (Wildman–Crippen MR) is 124 cm³/mol. The summed E-state index contributed by atoms with van der Waals surface area (Å²) in [5, 5.41) is 7.52. The number of fused-ring (bicyclic) bond motifs is 1. The van der Waals surface area contributed by atoms with Crippen LogP contribution in [0.15, 0.2) is 54.7 Å². The van der Waals surface area contributed by atoms with Crippen molar-refractivity contribution in [1.29, 1.82) is 0 Å². The van der Waals surface area contributed by atoms with Gasteiger partial charge >= 0.3 is 0 Å². The highest BCUT2D eigenvalue weighted by atomic mass is 35.5. The summed E-state index contributed by atoms with van der Waals surface area (Å²) in [4.78, 5) is 29.4. The molecule has 0 spiro atoms. The van der Waals surface area contributed by atoms with E-state index in [9.17, 15) is 9.59 Å². The second-order valence-corrected chi connectivity index (χ2v) is 8.94. The van der Waals surface area contributed by atoms with Crippen LogP contribution in [0.5, 0.6) is 0 Å². The number of carbonyl (C=O) groups is 2. The van der Waals surface area contributed by atoms with E-state index in [0.29, 0.717) is 22.9 Å². The SMILES string of the molecule is CC1CCC(NC(=O)[C@@H](Cc2c[nH]c3ccccc23)NC(=O)c2ccccc2Cl)CC1. The molecule has 162 valence electrons. The van der Waals surface area contributed by atoms with E-state index in [1.165, 1.54) is 0 Å². The van der Waals surface area contributed by atoms with Crippen LogP contribution in [0.25, 0.3) is 10.9 Å². The third-order valence-corrected chi connectivity index (χ3v) is 6.53. The monoisotopic (exact) mass is 437 g/mol. The second-order valence-electron chi connectivity index (χ2n) is 8.53. The maximum Gasteiger partial charge on any atom is 0.253 e. The molecule has 4 rings (SSSR count). The van der Waals surface area contributed by atoms with Crippen molar-refractivity contribution in [2.45, 2.75) is 51.1 Å². The van der Waals surface area contributed by atoms with Gasteiger partial charge in [-0.05, 0) is 55.4 Å². The van der Waals surface area contributed by atoms with Crippen LogP contribution in [-0.4, -0.2) is 28.9 Å². The van der Waals surface area contributed by atoms with E-state index in [1.54, 1.807) is 24.3 Å². The van der Waals surface area contributed by atoms with Crippen LogP contribution >= 0.6 is 11.6 Å². The normalized spacial score (nSPS) is 19.7. The van der Waals surface area contributed by atoms with Crippen molar-refractivity contribution in [3.63, 3.8) is 0 Å². The number of hydrogen-bond donors (Lipinski definition) is 3. The summed E-state index contributed by atoms with van der Waals surface area (Å²) in [5.74, 6) is 0.211. The van der Waals surface area contributed by atoms with Gasteiger partial charge in [-0.3, -0.25) is 9.59 Å². The number of benzene rings is 2. The Morgan fingerprint density at radius 1 is 1.06 bits per heavy atom. The van der Waals surface area contributed by atoms with Gasteiger partial charge in [-0.25, -0.2) is 0 Å². The number of hydrogen-bond acceptors (Lipinski definition) is 2. The molecule has 2 aromatic carbocycles. The zero-order valence-corrected chi connectivity index (χ0v) is 18.4. The van der Waals surface area contributed by atoms with Gasteiger partial charge in [-0.2, -0.15) is 0 Å². The van der Waals surface area contributed by atoms with Gasteiger partial charge in [-0.15, -0.1) is 0 Å². The third-order valence-electron chi connectivity index (χ3n) is 6.20. The molecule has 5 nitrogen and oxygen atoms in total. The number of halogens is 1. The quantitative estimate of drug-likeness (QED) is 0.515. The van der Waals surface area contributed by atoms with Crippen LogP contribution in [0.3, 0.4) is 0 Å². The van der Waals surface area contributed by atoms with E-state index in [2.05, 4.69) is 22.5 Å². The average molecular weight is 438 g/mol. The molecule has 1 aromatic heterocycles. The highest BCUT2D eigenvalue weighted by Crippen LogP contribution is 2.24. The first-order chi connectivity index (χ1) is 15.0. The van der Waals surface area contributed by atoms with E-state index >= 15 is 0 Å². The molecule has 1 saturated carbocycles. The second kappa shape index (κ2) is 9.56. The largest absolute Gasteiger partial charge is 0.361 e. The van der Waals surface area contributed by atoms with Crippen molar-refractivity contribution >= 4 is 34.3 Å². The topological polar surface area (TPSA) is 74.0 Å². The summed E-state index contributed by atoms with van der Waals surface area (Å²) >= 11 is 6.21. The molecule has 1 aliphatic rings. The van der Waals surface area contributed by atoms with Crippen LogP contribution in [0.2, 0.25) is 5.02 Å². The van der Waals surface area contributed by atoms with Crippen LogP contribution in [-0.2, 0) is 11.2 Å². The number of H-pyrrole nitrogens is 1. The maximum absolute atomic E-state index is 13.2. The molecule has 1 atom stereocenters. The van der Waals surface area contributed by atoms with Crippen molar-refractivity contribution in [2.24, 2.45) is 5.92 Å². The number of carbonyl (C=O) groups excluding carboxylic acids is 2. The third kappa shape index (κ3) is 5.10. The molecule has 1 aliphatic carbocycles. The summed E-state index contributed by atoms with van der Waals surface area (Å²) in [7, 11) is 0. The molecule has 1 fully saturated rings. The van der Waals surface area contributed by atoms with Gasteiger partial charge in [0, 0.05) is 29.6 Å². The van der Waals surface area contributed by atoms with Gasteiger partial charge < -0.3 is 15.6 Å². The van der Waals surface area contributed by atoms with Crippen LogP contribution in [0, 0.1) is 5.92 Å². The Hall–Kier alpha value is -2.79. The zero-order valence-electron chi connectivity index (χ0n) is 17.7. The molecule has 0 radical (unpaired) electrons. The lowest BCUT2D eigenvalue weighted by Crippen LogP contribution is -2.51.